The highest BCUT2D eigenvalue weighted by Crippen LogP contribution is 2.44. The summed E-state index contributed by atoms with van der Waals surface area (Å²) in [6.07, 6.45) is 8.44. The lowest BCUT2D eigenvalue weighted by Gasteiger charge is -2.36. The number of ether oxygens (including phenoxy) is 1. The van der Waals surface area contributed by atoms with Crippen LogP contribution < -0.4 is 4.74 Å². The molecule has 1 aliphatic carbocycles. The van der Waals surface area contributed by atoms with Gasteiger partial charge in [-0.25, -0.2) is 0 Å². The van der Waals surface area contributed by atoms with Crippen LogP contribution in [0.3, 0.4) is 0 Å². The third kappa shape index (κ3) is 2.99. The topological polar surface area (TPSA) is 9.23 Å². The lowest BCUT2D eigenvalue weighted by Crippen LogP contribution is -2.29. The summed E-state index contributed by atoms with van der Waals surface area (Å²) in [4.78, 5) is 0. The molecule has 1 aliphatic heterocycles. The van der Waals surface area contributed by atoms with Crippen LogP contribution in [0, 0.1) is 11.3 Å². The Bertz CT molecular complexity index is 626. The number of hydrogen-bond donors (Lipinski definition) is 0. The van der Waals surface area contributed by atoms with Gasteiger partial charge >= 0.3 is 0 Å². The Labute approximate surface area is 135 Å². The maximum Gasteiger partial charge on any atom is 0.128 e. The number of allylic oxidation sites excluding steroid dienone is 3. The van der Waals surface area contributed by atoms with E-state index >= 15 is 0 Å². The molecular formula is C21H28O. The fourth-order valence-electron chi connectivity index (χ4n) is 3.65. The molecule has 118 valence electrons. The molecule has 1 atom stereocenters. The Balaban J connectivity index is 1.94. The van der Waals surface area contributed by atoms with E-state index in [1.54, 1.807) is 0 Å². The van der Waals surface area contributed by atoms with Gasteiger partial charge in [0.1, 0.15) is 11.4 Å². The summed E-state index contributed by atoms with van der Waals surface area (Å²) in [7, 11) is 0. The molecule has 3 rings (SSSR count). The molecule has 1 heteroatoms. The minimum Gasteiger partial charge on any atom is -0.483 e. The fourth-order valence-corrected chi connectivity index (χ4v) is 3.65. The quantitative estimate of drug-likeness (QED) is 0.616. The minimum absolute atomic E-state index is 0.231. The van der Waals surface area contributed by atoms with Crippen molar-refractivity contribution in [3.63, 3.8) is 0 Å². The summed E-state index contributed by atoms with van der Waals surface area (Å²) in [5.74, 6) is 1.81. The summed E-state index contributed by atoms with van der Waals surface area (Å²) in [5, 5.41) is 0. The monoisotopic (exact) mass is 296 g/mol. The van der Waals surface area contributed by atoms with Crippen molar-refractivity contribution in [2.75, 3.05) is 0 Å². The van der Waals surface area contributed by atoms with Crippen LogP contribution in [0.4, 0.5) is 0 Å². The molecule has 1 nitrogen and oxygen atoms in total. The molecule has 1 aromatic rings. The Morgan fingerprint density at radius 2 is 1.86 bits per heavy atom. The van der Waals surface area contributed by atoms with Gasteiger partial charge in [-0.05, 0) is 67.7 Å². The number of rotatable bonds is 1. The zero-order valence-electron chi connectivity index (χ0n) is 14.6. The molecule has 22 heavy (non-hydrogen) atoms. The van der Waals surface area contributed by atoms with Gasteiger partial charge in [-0.2, -0.15) is 0 Å². The van der Waals surface area contributed by atoms with Gasteiger partial charge < -0.3 is 4.74 Å². The van der Waals surface area contributed by atoms with Crippen molar-refractivity contribution in [2.24, 2.45) is 11.3 Å². The number of para-hydroxylation sites is 1. The molecule has 1 unspecified atom stereocenters. The van der Waals surface area contributed by atoms with Crippen LogP contribution in [-0.4, -0.2) is 5.60 Å². The average molecular weight is 296 g/mol. The van der Waals surface area contributed by atoms with E-state index in [1.807, 2.05) is 0 Å². The predicted molar refractivity (Wildman–Crippen MR) is 94.0 cm³/mol. The van der Waals surface area contributed by atoms with Crippen molar-refractivity contribution in [3.05, 3.63) is 47.6 Å². The average Bonchev–Trinajstić information content (AvgIpc) is 2.44. The van der Waals surface area contributed by atoms with Gasteiger partial charge in [0.15, 0.2) is 0 Å². The van der Waals surface area contributed by atoms with Crippen molar-refractivity contribution < 1.29 is 4.74 Å². The van der Waals surface area contributed by atoms with Crippen molar-refractivity contribution in [1.29, 1.82) is 0 Å². The maximum absolute atomic E-state index is 6.11. The Morgan fingerprint density at radius 3 is 2.50 bits per heavy atom. The van der Waals surface area contributed by atoms with Crippen LogP contribution in [0.1, 0.15) is 59.4 Å². The van der Waals surface area contributed by atoms with E-state index in [4.69, 9.17) is 4.74 Å². The summed E-state index contributed by atoms with van der Waals surface area (Å²) < 4.78 is 6.11. The maximum atomic E-state index is 6.11. The number of fused-ring (bicyclic) bond motifs is 1. The molecule has 1 aromatic carbocycles. The zero-order valence-corrected chi connectivity index (χ0v) is 14.6. The van der Waals surface area contributed by atoms with Crippen molar-refractivity contribution in [1.82, 2.24) is 0 Å². The number of benzene rings is 1. The second-order valence-corrected chi connectivity index (χ2v) is 8.33. The van der Waals surface area contributed by atoms with Crippen LogP contribution >= 0.6 is 0 Å². The molecule has 0 aromatic heterocycles. The lowest BCUT2D eigenvalue weighted by molar-refractivity contribution is 0.158. The van der Waals surface area contributed by atoms with E-state index in [1.165, 1.54) is 36.0 Å². The standard InChI is InChI=1S/C21H28O/c1-20(2,3)16-12-10-15(11-13-16)18-14-21(4,5)22-19-9-7-6-8-17(18)19/h6-10,14,16H,11-13H2,1-5H3. The van der Waals surface area contributed by atoms with E-state index in [2.05, 4.69) is 71.0 Å². The van der Waals surface area contributed by atoms with Gasteiger partial charge in [0.2, 0.25) is 0 Å². The Kier molecular flexibility index (Phi) is 3.71. The van der Waals surface area contributed by atoms with Gasteiger partial charge in [-0.1, -0.05) is 45.0 Å². The minimum atomic E-state index is -0.231. The highest BCUT2D eigenvalue weighted by molar-refractivity contribution is 5.84. The normalized spacial score (nSPS) is 24.0. The smallest absolute Gasteiger partial charge is 0.128 e. The molecule has 0 radical (unpaired) electrons. The highest BCUT2D eigenvalue weighted by atomic mass is 16.5. The Hall–Kier alpha value is -1.50. The first kappa shape index (κ1) is 15.4. The zero-order chi connectivity index (χ0) is 16.0. The molecule has 0 spiro atoms. The van der Waals surface area contributed by atoms with Crippen LogP contribution in [0.15, 0.2) is 42.0 Å². The van der Waals surface area contributed by atoms with Gasteiger partial charge in [0, 0.05) is 5.56 Å². The van der Waals surface area contributed by atoms with Gasteiger partial charge in [-0.3, -0.25) is 0 Å². The highest BCUT2D eigenvalue weighted by Gasteiger charge is 2.31. The molecule has 0 amide bonds. The third-order valence-corrected chi connectivity index (χ3v) is 5.02. The molecule has 0 fully saturated rings. The second kappa shape index (κ2) is 5.30. The molecule has 0 bridgehead atoms. The van der Waals surface area contributed by atoms with Gasteiger partial charge in [-0.15, -0.1) is 0 Å². The van der Waals surface area contributed by atoms with E-state index < -0.39 is 0 Å². The van der Waals surface area contributed by atoms with Crippen LogP contribution in [0.2, 0.25) is 0 Å². The lowest BCUT2D eigenvalue weighted by atomic mass is 9.71. The fraction of sp³-hybridized carbons (Fsp3) is 0.524. The van der Waals surface area contributed by atoms with Crippen LogP contribution in [0.25, 0.3) is 5.57 Å². The molecule has 0 N–H and O–H groups in total. The number of hydrogen-bond acceptors (Lipinski definition) is 1. The van der Waals surface area contributed by atoms with Crippen molar-refractivity contribution in [3.8, 4) is 5.75 Å². The first-order chi connectivity index (χ1) is 10.3. The van der Waals surface area contributed by atoms with Crippen molar-refractivity contribution >= 4 is 5.57 Å². The first-order valence-corrected chi connectivity index (χ1v) is 8.47. The SMILES string of the molecule is CC1(C)C=C(C2=CCC(C(C)(C)C)CC2)c2ccccc2O1. The molecule has 0 saturated heterocycles. The van der Waals surface area contributed by atoms with E-state index in [0.29, 0.717) is 5.41 Å². The second-order valence-electron chi connectivity index (χ2n) is 8.33. The van der Waals surface area contributed by atoms with Crippen LogP contribution in [-0.2, 0) is 0 Å². The van der Waals surface area contributed by atoms with Crippen molar-refractivity contribution in [2.45, 2.75) is 59.5 Å². The molecule has 1 heterocycles. The van der Waals surface area contributed by atoms with Gasteiger partial charge in [0.05, 0.1) is 0 Å². The summed E-state index contributed by atoms with van der Waals surface area (Å²) in [6, 6.07) is 8.44. The largest absolute Gasteiger partial charge is 0.483 e. The van der Waals surface area contributed by atoms with E-state index in [-0.39, 0.29) is 5.60 Å². The first-order valence-electron chi connectivity index (χ1n) is 8.47. The third-order valence-electron chi connectivity index (χ3n) is 5.02. The van der Waals surface area contributed by atoms with E-state index in [9.17, 15) is 0 Å². The predicted octanol–water partition coefficient (Wildman–Crippen LogP) is 6.01. The van der Waals surface area contributed by atoms with Crippen LogP contribution in [0.5, 0.6) is 5.75 Å². The van der Waals surface area contributed by atoms with Gasteiger partial charge in [0.25, 0.3) is 0 Å². The molecule has 2 aliphatic rings. The summed E-state index contributed by atoms with van der Waals surface area (Å²) in [5.41, 5.74) is 4.32. The summed E-state index contributed by atoms with van der Waals surface area (Å²) >= 11 is 0. The molecular weight excluding hydrogens is 268 g/mol. The Morgan fingerprint density at radius 1 is 1.14 bits per heavy atom. The summed E-state index contributed by atoms with van der Waals surface area (Å²) in [6.45, 7) is 11.4. The van der Waals surface area contributed by atoms with E-state index in [0.717, 1.165) is 11.7 Å². The molecule has 0 saturated carbocycles.